The largest absolute Gasteiger partial charge is 0.433 e. The number of hydrogen-bond acceptors (Lipinski definition) is 3. The first kappa shape index (κ1) is 15.0. The smallest absolute Gasteiger partial charge is 0.326 e. The van der Waals surface area contributed by atoms with Crippen LogP contribution in [0.4, 0.5) is 18.9 Å². The molecule has 0 bridgehead atoms. The fraction of sp³-hybridized carbons (Fsp3) is 0.133. The lowest BCUT2D eigenvalue weighted by atomic mass is 10.1. The lowest BCUT2D eigenvalue weighted by molar-refractivity contribution is -0.142. The van der Waals surface area contributed by atoms with Gasteiger partial charge in [0.1, 0.15) is 0 Å². The van der Waals surface area contributed by atoms with Crippen LogP contribution in [-0.4, -0.2) is 20.5 Å². The number of amides is 1. The average Bonchev–Trinajstić information content (AvgIpc) is 2.93. The molecule has 1 amide bonds. The molecule has 1 N–H and O–H groups in total. The zero-order valence-electron chi connectivity index (χ0n) is 11.9. The molecule has 0 radical (unpaired) electrons. The van der Waals surface area contributed by atoms with Crippen LogP contribution in [0.2, 0.25) is 0 Å². The van der Waals surface area contributed by atoms with E-state index in [2.05, 4.69) is 15.4 Å². The molecule has 0 aliphatic heterocycles. The highest BCUT2D eigenvalue weighted by Gasteiger charge is 2.35. The Morgan fingerprint density at radius 1 is 1.17 bits per heavy atom. The zero-order valence-corrected chi connectivity index (χ0v) is 11.9. The third-order valence-corrected chi connectivity index (χ3v) is 3.15. The molecule has 0 fully saturated rings. The third-order valence-electron chi connectivity index (χ3n) is 3.15. The van der Waals surface area contributed by atoms with Gasteiger partial charge in [-0.2, -0.15) is 18.3 Å². The normalized spacial score (nSPS) is 11.7. The quantitative estimate of drug-likeness (QED) is 0.787. The zero-order chi connectivity index (χ0) is 16.6. The van der Waals surface area contributed by atoms with E-state index in [4.69, 9.17) is 0 Å². The van der Waals surface area contributed by atoms with E-state index in [1.54, 1.807) is 24.3 Å². The van der Waals surface area contributed by atoms with Crippen LogP contribution in [0.3, 0.4) is 0 Å². The summed E-state index contributed by atoms with van der Waals surface area (Å²) >= 11 is 0. The Bertz CT molecular complexity index is 869. The molecule has 8 heteroatoms. The molecular weight excluding hydrogens is 309 g/mol. The number of rotatable bonds is 2. The molecular formula is C15H11F3N4O. The molecule has 1 aromatic carbocycles. The number of hydrogen-bond donors (Lipinski definition) is 1. The molecule has 0 atom stereocenters. The topological polar surface area (TPSA) is 59.3 Å². The van der Waals surface area contributed by atoms with E-state index in [1.165, 1.54) is 19.2 Å². The molecule has 3 rings (SSSR count). The Labute approximate surface area is 128 Å². The number of anilines is 1. The molecule has 0 aliphatic rings. The molecule has 0 unspecified atom stereocenters. The number of fused-ring (bicyclic) bond motifs is 1. The van der Waals surface area contributed by atoms with Crippen molar-refractivity contribution in [3.05, 3.63) is 48.3 Å². The predicted octanol–water partition coefficient (Wildman–Crippen LogP) is 3.37. The first-order valence-electron chi connectivity index (χ1n) is 6.64. The standard InChI is InChI=1S/C15H11F3N4O/c1-9(23)20-11-4-2-10(3-5-11)12-8-13(15(16,17)18)22-14(21-12)6-7-19-22/h2-8H,1H3,(H,20,23). The van der Waals surface area contributed by atoms with Crippen molar-refractivity contribution >= 4 is 17.2 Å². The van der Waals surface area contributed by atoms with Gasteiger partial charge in [0.25, 0.3) is 0 Å². The minimum absolute atomic E-state index is 0.112. The predicted molar refractivity (Wildman–Crippen MR) is 77.7 cm³/mol. The molecule has 2 aromatic heterocycles. The van der Waals surface area contributed by atoms with Crippen LogP contribution < -0.4 is 5.32 Å². The second-order valence-electron chi connectivity index (χ2n) is 4.88. The third kappa shape index (κ3) is 3.01. The van der Waals surface area contributed by atoms with Gasteiger partial charge in [-0.05, 0) is 18.2 Å². The van der Waals surface area contributed by atoms with Crippen LogP contribution >= 0.6 is 0 Å². The summed E-state index contributed by atoms with van der Waals surface area (Å²) in [4.78, 5) is 15.2. The summed E-state index contributed by atoms with van der Waals surface area (Å²) in [5, 5.41) is 6.24. The van der Waals surface area contributed by atoms with Gasteiger partial charge in [0.15, 0.2) is 11.3 Å². The molecule has 118 valence electrons. The molecule has 5 nitrogen and oxygen atoms in total. The van der Waals surface area contributed by atoms with Gasteiger partial charge in [-0.25, -0.2) is 9.50 Å². The van der Waals surface area contributed by atoms with E-state index in [0.717, 1.165) is 10.6 Å². The minimum atomic E-state index is -4.54. The maximum Gasteiger partial charge on any atom is 0.433 e. The maximum absolute atomic E-state index is 13.2. The van der Waals surface area contributed by atoms with Crippen LogP contribution in [0, 0.1) is 0 Å². The Morgan fingerprint density at radius 2 is 1.87 bits per heavy atom. The van der Waals surface area contributed by atoms with E-state index in [0.29, 0.717) is 11.3 Å². The van der Waals surface area contributed by atoms with Gasteiger partial charge in [-0.1, -0.05) is 12.1 Å². The first-order valence-corrected chi connectivity index (χ1v) is 6.64. The summed E-state index contributed by atoms with van der Waals surface area (Å²) < 4.78 is 40.2. The number of carbonyl (C=O) groups is 1. The number of alkyl halides is 3. The maximum atomic E-state index is 13.2. The van der Waals surface area contributed by atoms with Gasteiger partial charge in [-0.15, -0.1) is 0 Å². The molecule has 0 saturated heterocycles. The van der Waals surface area contributed by atoms with Crippen LogP contribution in [-0.2, 0) is 11.0 Å². The van der Waals surface area contributed by atoms with Gasteiger partial charge in [0.2, 0.25) is 5.91 Å². The van der Waals surface area contributed by atoms with Crippen LogP contribution in [0.5, 0.6) is 0 Å². The van der Waals surface area contributed by atoms with Crippen molar-refractivity contribution in [1.29, 1.82) is 0 Å². The Balaban J connectivity index is 2.07. The fourth-order valence-electron chi connectivity index (χ4n) is 2.19. The molecule has 0 saturated carbocycles. The number of nitrogens with one attached hydrogen (secondary N) is 1. The summed E-state index contributed by atoms with van der Waals surface area (Å²) in [5.41, 5.74) is 0.463. The van der Waals surface area contributed by atoms with Gasteiger partial charge >= 0.3 is 6.18 Å². The number of nitrogens with zero attached hydrogens (tertiary/aromatic N) is 3. The highest BCUT2D eigenvalue weighted by molar-refractivity contribution is 5.88. The highest BCUT2D eigenvalue weighted by atomic mass is 19.4. The molecule has 0 aliphatic carbocycles. The van der Waals surface area contributed by atoms with Crippen molar-refractivity contribution in [3.63, 3.8) is 0 Å². The second-order valence-corrected chi connectivity index (χ2v) is 4.88. The van der Waals surface area contributed by atoms with Gasteiger partial charge in [-0.3, -0.25) is 4.79 Å². The first-order chi connectivity index (χ1) is 10.8. The highest BCUT2D eigenvalue weighted by Crippen LogP contribution is 2.32. The number of aromatic nitrogens is 3. The summed E-state index contributed by atoms with van der Waals surface area (Å²) in [6, 6.07) is 8.76. The molecule has 2 heterocycles. The number of benzene rings is 1. The van der Waals surface area contributed by atoms with E-state index in [9.17, 15) is 18.0 Å². The summed E-state index contributed by atoms with van der Waals surface area (Å²) in [6.45, 7) is 1.37. The van der Waals surface area contributed by atoms with E-state index in [1.807, 2.05) is 0 Å². The summed E-state index contributed by atoms with van der Waals surface area (Å²) in [5.74, 6) is -0.226. The van der Waals surface area contributed by atoms with Crippen molar-refractivity contribution in [2.45, 2.75) is 13.1 Å². The van der Waals surface area contributed by atoms with Crippen LogP contribution in [0.25, 0.3) is 16.9 Å². The SMILES string of the molecule is CC(=O)Nc1ccc(-c2cc(C(F)(F)F)n3nccc3n2)cc1. The van der Waals surface area contributed by atoms with Gasteiger partial charge in [0.05, 0.1) is 11.9 Å². The number of halogens is 3. The van der Waals surface area contributed by atoms with Crippen molar-refractivity contribution in [1.82, 2.24) is 14.6 Å². The lowest BCUT2D eigenvalue weighted by Gasteiger charge is -2.11. The fourth-order valence-corrected chi connectivity index (χ4v) is 2.19. The lowest BCUT2D eigenvalue weighted by Crippen LogP contribution is -2.13. The minimum Gasteiger partial charge on any atom is -0.326 e. The Hall–Kier alpha value is -2.90. The average molecular weight is 320 g/mol. The Morgan fingerprint density at radius 3 is 2.48 bits per heavy atom. The second kappa shape index (κ2) is 5.38. The van der Waals surface area contributed by atoms with Crippen LogP contribution in [0.15, 0.2) is 42.6 Å². The van der Waals surface area contributed by atoms with Gasteiger partial charge < -0.3 is 5.32 Å². The molecule has 3 aromatic rings. The summed E-state index contributed by atoms with van der Waals surface area (Å²) in [6.07, 6.45) is -3.28. The van der Waals surface area contributed by atoms with E-state index >= 15 is 0 Å². The van der Waals surface area contributed by atoms with E-state index < -0.39 is 11.9 Å². The van der Waals surface area contributed by atoms with Crippen molar-refractivity contribution in [2.24, 2.45) is 0 Å². The Kier molecular flexibility index (Phi) is 3.51. The van der Waals surface area contributed by atoms with Crippen molar-refractivity contribution < 1.29 is 18.0 Å². The van der Waals surface area contributed by atoms with Crippen LogP contribution in [0.1, 0.15) is 12.6 Å². The van der Waals surface area contributed by atoms with Crippen molar-refractivity contribution in [3.8, 4) is 11.3 Å². The molecule has 23 heavy (non-hydrogen) atoms. The number of carbonyl (C=O) groups excluding carboxylic acids is 1. The van der Waals surface area contributed by atoms with Gasteiger partial charge in [0, 0.05) is 24.2 Å². The molecule has 0 spiro atoms. The van der Waals surface area contributed by atoms with Crippen molar-refractivity contribution in [2.75, 3.05) is 5.32 Å². The summed E-state index contributed by atoms with van der Waals surface area (Å²) in [7, 11) is 0. The van der Waals surface area contributed by atoms with E-state index in [-0.39, 0.29) is 17.2 Å². The monoisotopic (exact) mass is 320 g/mol.